The third kappa shape index (κ3) is 6.06. The summed E-state index contributed by atoms with van der Waals surface area (Å²) in [6.45, 7) is 6.24. The Morgan fingerprint density at radius 3 is 1.66 bits per heavy atom. The molecule has 0 aliphatic heterocycles. The van der Waals surface area contributed by atoms with Crippen molar-refractivity contribution in [2.24, 2.45) is 0 Å². The number of thioether (sulfide) groups is 2. The molecule has 3 rings (SSSR count). The third-order valence-corrected chi connectivity index (χ3v) is 6.96. The van der Waals surface area contributed by atoms with Crippen LogP contribution < -0.4 is 10.6 Å². The Morgan fingerprint density at radius 2 is 1.10 bits per heavy atom. The molecule has 29 heavy (non-hydrogen) atoms. The van der Waals surface area contributed by atoms with Crippen LogP contribution in [0, 0.1) is 20.8 Å². The summed E-state index contributed by atoms with van der Waals surface area (Å²) in [5, 5.41) is 6.77. The van der Waals surface area contributed by atoms with Crippen LogP contribution in [-0.4, -0.2) is 8.64 Å². The molecule has 6 heteroatoms. The predicted molar refractivity (Wildman–Crippen MR) is 138 cm³/mol. The molecule has 0 atom stereocenters. The van der Waals surface area contributed by atoms with Crippen molar-refractivity contribution in [3.63, 3.8) is 0 Å². The van der Waals surface area contributed by atoms with Crippen molar-refractivity contribution in [1.82, 2.24) is 0 Å². The summed E-state index contributed by atoms with van der Waals surface area (Å²) >= 11 is 14.3. The van der Waals surface area contributed by atoms with E-state index in [0.29, 0.717) is 8.64 Å². The molecule has 3 aromatic rings. The van der Waals surface area contributed by atoms with E-state index in [1.165, 1.54) is 11.1 Å². The van der Waals surface area contributed by atoms with E-state index in [1.807, 2.05) is 36.4 Å². The van der Waals surface area contributed by atoms with E-state index in [0.717, 1.165) is 26.7 Å². The van der Waals surface area contributed by atoms with Gasteiger partial charge in [-0.2, -0.15) is 0 Å². The van der Waals surface area contributed by atoms with Crippen molar-refractivity contribution in [2.45, 2.75) is 30.6 Å². The minimum Gasteiger partial charge on any atom is -0.339 e. The van der Waals surface area contributed by atoms with E-state index in [2.05, 4.69) is 61.7 Å². The van der Waals surface area contributed by atoms with Crippen molar-refractivity contribution in [1.29, 1.82) is 0 Å². The van der Waals surface area contributed by atoms with E-state index in [4.69, 9.17) is 24.4 Å². The number of anilines is 2. The normalized spacial score (nSPS) is 10.4. The molecule has 0 fully saturated rings. The minimum atomic E-state index is 0.699. The first-order chi connectivity index (χ1) is 13.9. The van der Waals surface area contributed by atoms with Gasteiger partial charge in [-0.05, 0) is 55.7 Å². The van der Waals surface area contributed by atoms with Crippen LogP contribution in [-0.2, 0) is 0 Å². The molecule has 0 aliphatic carbocycles. The number of hydrogen-bond acceptors (Lipinski definition) is 4. The standard InChI is InChI=1S/C23H22N2S4/c1-15-9-4-6-13-19(15)28-22(26)24-18-12-8-11-17(3)21(18)25-23(27)29-20-14-7-5-10-16(20)2/h4-14H,1-3H3,(H,24,26)(H,25,27). The van der Waals surface area contributed by atoms with E-state index < -0.39 is 0 Å². The monoisotopic (exact) mass is 454 g/mol. The molecule has 0 spiro atoms. The molecule has 2 N–H and O–H groups in total. The maximum absolute atomic E-state index is 5.62. The zero-order valence-electron chi connectivity index (χ0n) is 16.5. The van der Waals surface area contributed by atoms with Gasteiger partial charge in [0, 0.05) is 9.79 Å². The lowest BCUT2D eigenvalue weighted by Gasteiger charge is -2.17. The second-order valence-corrected chi connectivity index (χ2v) is 10.00. The van der Waals surface area contributed by atoms with Crippen LogP contribution in [0.3, 0.4) is 0 Å². The Hall–Kier alpha value is -1.86. The average Bonchev–Trinajstić information content (AvgIpc) is 2.68. The highest BCUT2D eigenvalue weighted by Gasteiger charge is 2.12. The van der Waals surface area contributed by atoms with E-state index in [-0.39, 0.29) is 0 Å². The van der Waals surface area contributed by atoms with Crippen molar-refractivity contribution >= 4 is 68.0 Å². The zero-order chi connectivity index (χ0) is 20.8. The third-order valence-electron chi connectivity index (χ3n) is 4.33. The van der Waals surface area contributed by atoms with Gasteiger partial charge in [0.05, 0.1) is 11.4 Å². The van der Waals surface area contributed by atoms with Crippen LogP contribution in [0.15, 0.2) is 76.5 Å². The fraction of sp³-hybridized carbons (Fsp3) is 0.130. The molecule has 2 nitrogen and oxygen atoms in total. The summed E-state index contributed by atoms with van der Waals surface area (Å²) in [6.07, 6.45) is 0. The first kappa shape index (κ1) is 21.8. The molecule has 0 unspecified atom stereocenters. The van der Waals surface area contributed by atoms with Crippen LogP contribution in [0.2, 0.25) is 0 Å². The topological polar surface area (TPSA) is 24.1 Å². The Kier molecular flexibility index (Phi) is 7.72. The number of thiocarbonyl (C=S) groups is 2. The largest absolute Gasteiger partial charge is 0.339 e. The summed E-state index contributed by atoms with van der Waals surface area (Å²) in [7, 11) is 0. The molecular formula is C23H22N2S4. The first-order valence-corrected chi connectivity index (χ1v) is 11.6. The molecule has 148 valence electrons. The van der Waals surface area contributed by atoms with Crippen molar-refractivity contribution in [2.75, 3.05) is 10.6 Å². The van der Waals surface area contributed by atoms with Gasteiger partial charge < -0.3 is 10.6 Å². The molecule has 0 saturated heterocycles. The number of rotatable bonds is 4. The average molecular weight is 455 g/mol. The first-order valence-electron chi connectivity index (χ1n) is 9.12. The second kappa shape index (κ2) is 10.3. The summed E-state index contributed by atoms with van der Waals surface area (Å²) in [6, 6.07) is 22.6. The van der Waals surface area contributed by atoms with Gasteiger partial charge in [0.2, 0.25) is 0 Å². The maximum atomic E-state index is 5.62. The van der Waals surface area contributed by atoms with Crippen LogP contribution in [0.1, 0.15) is 16.7 Å². The van der Waals surface area contributed by atoms with Gasteiger partial charge in [-0.1, -0.05) is 96.5 Å². The molecule has 0 radical (unpaired) electrons. The van der Waals surface area contributed by atoms with Gasteiger partial charge in [0.1, 0.15) is 8.64 Å². The number of aryl methyl sites for hydroxylation is 3. The Balaban J connectivity index is 1.73. The number of benzene rings is 3. The van der Waals surface area contributed by atoms with Gasteiger partial charge >= 0.3 is 0 Å². The van der Waals surface area contributed by atoms with Crippen molar-refractivity contribution in [3.8, 4) is 0 Å². The molecule has 0 heterocycles. The summed E-state index contributed by atoms with van der Waals surface area (Å²) in [5.41, 5.74) is 5.39. The lowest BCUT2D eigenvalue weighted by Crippen LogP contribution is -2.12. The van der Waals surface area contributed by atoms with Crippen LogP contribution >= 0.6 is 48.0 Å². The van der Waals surface area contributed by atoms with Crippen LogP contribution in [0.5, 0.6) is 0 Å². The maximum Gasteiger partial charge on any atom is 0.143 e. The lowest BCUT2D eigenvalue weighted by molar-refractivity contribution is 1.31. The van der Waals surface area contributed by atoms with Crippen molar-refractivity contribution in [3.05, 3.63) is 83.4 Å². The number of nitrogens with one attached hydrogen (secondary N) is 2. The van der Waals surface area contributed by atoms with Crippen LogP contribution in [0.25, 0.3) is 0 Å². The summed E-state index contributed by atoms with van der Waals surface area (Å²) < 4.78 is 1.40. The predicted octanol–water partition coefficient (Wildman–Crippen LogP) is 7.59. The van der Waals surface area contributed by atoms with Gasteiger partial charge in [-0.25, -0.2) is 0 Å². The Morgan fingerprint density at radius 1 is 0.621 bits per heavy atom. The van der Waals surface area contributed by atoms with Gasteiger partial charge in [0.15, 0.2) is 0 Å². The fourth-order valence-electron chi connectivity index (χ4n) is 2.74. The number of para-hydroxylation sites is 1. The highest BCUT2D eigenvalue weighted by molar-refractivity contribution is 8.23. The SMILES string of the molecule is Cc1ccccc1SC(=S)Nc1cccc(C)c1NC(=S)Sc1ccccc1C. The van der Waals surface area contributed by atoms with Gasteiger partial charge in [-0.15, -0.1) is 0 Å². The molecule has 0 aliphatic rings. The molecular weight excluding hydrogens is 433 g/mol. The van der Waals surface area contributed by atoms with Crippen LogP contribution in [0.4, 0.5) is 11.4 Å². The van der Waals surface area contributed by atoms with E-state index >= 15 is 0 Å². The minimum absolute atomic E-state index is 0.699. The van der Waals surface area contributed by atoms with Gasteiger partial charge in [0.25, 0.3) is 0 Å². The molecule has 0 aromatic heterocycles. The highest BCUT2D eigenvalue weighted by Crippen LogP contribution is 2.32. The molecule has 3 aromatic carbocycles. The highest BCUT2D eigenvalue weighted by atomic mass is 32.2. The smallest absolute Gasteiger partial charge is 0.143 e. The zero-order valence-corrected chi connectivity index (χ0v) is 19.7. The summed E-state index contributed by atoms with van der Waals surface area (Å²) in [5.74, 6) is 0. The number of hydrogen-bond donors (Lipinski definition) is 2. The fourth-order valence-corrected chi connectivity index (χ4v) is 4.96. The lowest BCUT2D eigenvalue weighted by atomic mass is 10.1. The van der Waals surface area contributed by atoms with Gasteiger partial charge in [-0.3, -0.25) is 0 Å². The Bertz CT molecular complexity index is 1050. The molecule has 0 saturated carbocycles. The van der Waals surface area contributed by atoms with Crippen molar-refractivity contribution < 1.29 is 0 Å². The van der Waals surface area contributed by atoms with E-state index in [9.17, 15) is 0 Å². The second-order valence-electron chi connectivity index (χ2n) is 6.56. The molecule has 0 amide bonds. The quantitative estimate of drug-likeness (QED) is 0.311. The molecule has 0 bridgehead atoms. The van der Waals surface area contributed by atoms with E-state index in [1.54, 1.807) is 23.5 Å². The summed E-state index contributed by atoms with van der Waals surface area (Å²) in [4.78, 5) is 2.30. The Labute approximate surface area is 191 Å².